The molecule has 0 aliphatic carbocycles. The first kappa shape index (κ1) is 12.6. The predicted molar refractivity (Wildman–Crippen MR) is 86.4 cm³/mol. The third-order valence-electron chi connectivity index (χ3n) is 3.50. The molecule has 1 atom stereocenters. The number of fused-ring (bicyclic) bond motifs is 1. The summed E-state index contributed by atoms with van der Waals surface area (Å²) in [6.07, 6.45) is 1.94. The summed E-state index contributed by atoms with van der Waals surface area (Å²) in [7, 11) is 0. The van der Waals surface area contributed by atoms with E-state index in [0.717, 1.165) is 5.56 Å². The first-order valence-corrected chi connectivity index (χ1v) is 6.90. The zero-order chi connectivity index (χ0) is 13.8. The minimum Gasteiger partial charge on any atom is -0.285 e. The van der Waals surface area contributed by atoms with Crippen molar-refractivity contribution in [3.8, 4) is 0 Å². The highest BCUT2D eigenvalue weighted by Gasteiger charge is 2.03. The highest BCUT2D eigenvalue weighted by atomic mass is 14.8. The van der Waals surface area contributed by atoms with Gasteiger partial charge < -0.3 is 0 Å². The summed E-state index contributed by atoms with van der Waals surface area (Å²) in [5, 5.41) is 2.54. The Morgan fingerprint density at radius 2 is 1.50 bits per heavy atom. The van der Waals surface area contributed by atoms with E-state index in [4.69, 9.17) is 0 Å². The molecule has 3 aromatic carbocycles. The molecule has 0 aliphatic heterocycles. The van der Waals surface area contributed by atoms with Crippen molar-refractivity contribution >= 4 is 17.0 Å². The Bertz CT molecular complexity index is 729. The lowest BCUT2D eigenvalue weighted by atomic mass is 10.0. The van der Waals surface area contributed by atoms with E-state index in [1.807, 2.05) is 24.4 Å². The molecular formula is C19H17N. The van der Waals surface area contributed by atoms with E-state index in [0.29, 0.717) is 0 Å². The van der Waals surface area contributed by atoms with Crippen molar-refractivity contribution in [1.29, 1.82) is 0 Å². The van der Waals surface area contributed by atoms with E-state index in [-0.39, 0.29) is 6.04 Å². The maximum absolute atomic E-state index is 4.65. The normalized spacial score (nSPS) is 12.8. The maximum atomic E-state index is 4.65. The van der Waals surface area contributed by atoms with Gasteiger partial charge in [0.25, 0.3) is 0 Å². The largest absolute Gasteiger partial charge is 0.285 e. The first-order valence-electron chi connectivity index (χ1n) is 6.90. The van der Waals surface area contributed by atoms with Crippen LogP contribution >= 0.6 is 0 Å². The van der Waals surface area contributed by atoms with Crippen LogP contribution in [0.2, 0.25) is 0 Å². The van der Waals surface area contributed by atoms with Crippen LogP contribution in [0.25, 0.3) is 10.8 Å². The lowest BCUT2D eigenvalue weighted by molar-refractivity contribution is 0.827. The summed E-state index contributed by atoms with van der Waals surface area (Å²) in [6, 6.07) is 25.4. The zero-order valence-corrected chi connectivity index (χ0v) is 11.5. The molecule has 0 N–H and O–H groups in total. The van der Waals surface area contributed by atoms with Crippen LogP contribution in [0.3, 0.4) is 0 Å². The van der Waals surface area contributed by atoms with Gasteiger partial charge in [-0.3, -0.25) is 4.99 Å². The summed E-state index contributed by atoms with van der Waals surface area (Å²) in [6.45, 7) is 2.13. The highest BCUT2D eigenvalue weighted by Crippen LogP contribution is 2.22. The second-order valence-corrected chi connectivity index (χ2v) is 4.97. The molecule has 0 aliphatic rings. The van der Waals surface area contributed by atoms with E-state index in [9.17, 15) is 0 Å². The van der Waals surface area contributed by atoms with Crippen LogP contribution in [0.15, 0.2) is 77.8 Å². The van der Waals surface area contributed by atoms with Crippen LogP contribution in [-0.2, 0) is 0 Å². The molecule has 0 unspecified atom stereocenters. The van der Waals surface area contributed by atoms with E-state index < -0.39 is 0 Å². The Kier molecular flexibility index (Phi) is 3.60. The third kappa shape index (κ3) is 2.77. The van der Waals surface area contributed by atoms with Crippen LogP contribution in [0.5, 0.6) is 0 Å². The number of nitrogens with zero attached hydrogens (tertiary/aromatic N) is 1. The fourth-order valence-electron chi connectivity index (χ4n) is 2.29. The fraction of sp³-hybridized carbons (Fsp3) is 0.105. The summed E-state index contributed by atoms with van der Waals surface area (Å²) in [5.41, 5.74) is 2.39. The van der Waals surface area contributed by atoms with Crippen LogP contribution in [0, 0.1) is 0 Å². The average molecular weight is 259 g/mol. The van der Waals surface area contributed by atoms with Gasteiger partial charge in [-0.1, -0.05) is 66.7 Å². The molecule has 0 radical (unpaired) electrons. The van der Waals surface area contributed by atoms with E-state index in [1.165, 1.54) is 16.3 Å². The lowest BCUT2D eigenvalue weighted by Crippen LogP contribution is -1.91. The summed E-state index contributed by atoms with van der Waals surface area (Å²) in [4.78, 5) is 4.65. The molecule has 3 rings (SSSR count). The standard InChI is InChI=1S/C19H17N/c1-15(20-14-16-7-3-2-4-8-16)18-12-11-17-9-5-6-10-19(17)13-18/h2-15H,1H3/t15-/m0/s1. The number of rotatable bonds is 3. The van der Waals surface area contributed by atoms with Gasteiger partial charge >= 0.3 is 0 Å². The fourth-order valence-corrected chi connectivity index (χ4v) is 2.29. The zero-order valence-electron chi connectivity index (χ0n) is 11.5. The topological polar surface area (TPSA) is 12.4 Å². The van der Waals surface area contributed by atoms with Crippen LogP contribution in [0.1, 0.15) is 24.1 Å². The van der Waals surface area contributed by atoms with Gasteiger partial charge in [0.05, 0.1) is 6.04 Å². The Morgan fingerprint density at radius 3 is 2.30 bits per heavy atom. The van der Waals surface area contributed by atoms with Gasteiger partial charge in [0.1, 0.15) is 0 Å². The lowest BCUT2D eigenvalue weighted by Gasteiger charge is -2.08. The van der Waals surface area contributed by atoms with E-state index in [2.05, 4.69) is 66.5 Å². The summed E-state index contributed by atoms with van der Waals surface area (Å²) in [5.74, 6) is 0. The third-order valence-corrected chi connectivity index (χ3v) is 3.50. The molecule has 1 heteroatoms. The summed E-state index contributed by atoms with van der Waals surface area (Å²) < 4.78 is 0. The number of hydrogen-bond acceptors (Lipinski definition) is 1. The van der Waals surface area contributed by atoms with Gasteiger partial charge in [0, 0.05) is 6.21 Å². The molecule has 98 valence electrons. The number of hydrogen-bond donors (Lipinski definition) is 0. The predicted octanol–water partition coefficient (Wildman–Crippen LogP) is 5.02. The smallest absolute Gasteiger partial charge is 0.0721 e. The molecule has 0 saturated heterocycles. The van der Waals surface area contributed by atoms with Crippen LogP contribution in [-0.4, -0.2) is 6.21 Å². The second kappa shape index (κ2) is 5.70. The SMILES string of the molecule is C[C@H](N=Cc1ccccc1)c1ccc2ccccc2c1. The molecule has 0 spiro atoms. The van der Waals surface area contributed by atoms with Gasteiger partial charge in [0.15, 0.2) is 0 Å². The van der Waals surface area contributed by atoms with Gasteiger partial charge in [-0.05, 0) is 34.9 Å². The molecular weight excluding hydrogens is 242 g/mol. The Balaban J connectivity index is 1.85. The molecule has 0 aromatic heterocycles. The van der Waals surface area contributed by atoms with Crippen molar-refractivity contribution in [2.75, 3.05) is 0 Å². The van der Waals surface area contributed by atoms with Gasteiger partial charge in [-0.15, -0.1) is 0 Å². The first-order chi connectivity index (χ1) is 9.83. The summed E-state index contributed by atoms with van der Waals surface area (Å²) >= 11 is 0. The molecule has 0 amide bonds. The monoisotopic (exact) mass is 259 g/mol. The average Bonchev–Trinajstić information content (AvgIpc) is 2.53. The molecule has 0 bridgehead atoms. The van der Waals surface area contributed by atoms with Crippen molar-refractivity contribution in [2.24, 2.45) is 4.99 Å². The second-order valence-electron chi connectivity index (χ2n) is 4.97. The Morgan fingerprint density at radius 1 is 0.800 bits per heavy atom. The minimum absolute atomic E-state index is 0.166. The minimum atomic E-state index is 0.166. The van der Waals surface area contributed by atoms with E-state index in [1.54, 1.807) is 0 Å². The van der Waals surface area contributed by atoms with Crippen molar-refractivity contribution in [2.45, 2.75) is 13.0 Å². The van der Waals surface area contributed by atoms with Gasteiger partial charge in [-0.25, -0.2) is 0 Å². The van der Waals surface area contributed by atoms with Crippen molar-refractivity contribution in [3.05, 3.63) is 83.9 Å². The molecule has 3 aromatic rings. The molecule has 0 heterocycles. The van der Waals surface area contributed by atoms with Crippen LogP contribution in [0.4, 0.5) is 0 Å². The Labute approximate surface area is 119 Å². The quantitative estimate of drug-likeness (QED) is 0.586. The maximum Gasteiger partial charge on any atom is 0.0721 e. The molecule has 0 saturated carbocycles. The molecule has 20 heavy (non-hydrogen) atoms. The van der Waals surface area contributed by atoms with Crippen molar-refractivity contribution in [1.82, 2.24) is 0 Å². The van der Waals surface area contributed by atoms with Gasteiger partial charge in [-0.2, -0.15) is 0 Å². The molecule has 1 nitrogen and oxygen atoms in total. The number of benzene rings is 3. The Hall–Kier alpha value is -2.41. The van der Waals surface area contributed by atoms with E-state index >= 15 is 0 Å². The highest BCUT2D eigenvalue weighted by molar-refractivity contribution is 5.83. The van der Waals surface area contributed by atoms with Crippen molar-refractivity contribution in [3.63, 3.8) is 0 Å². The number of aliphatic imine (C=N–C) groups is 1. The van der Waals surface area contributed by atoms with Crippen molar-refractivity contribution < 1.29 is 0 Å². The molecule has 0 fully saturated rings. The van der Waals surface area contributed by atoms with Crippen LogP contribution < -0.4 is 0 Å². The van der Waals surface area contributed by atoms with Gasteiger partial charge in [0.2, 0.25) is 0 Å².